The maximum Gasteiger partial charge on any atom is 0.421 e. The Hall–Kier alpha value is -4.63. The van der Waals surface area contributed by atoms with Gasteiger partial charge in [0.1, 0.15) is 23.8 Å². The molecule has 4 aromatic rings. The van der Waals surface area contributed by atoms with Gasteiger partial charge in [0.05, 0.1) is 30.4 Å². The Balaban J connectivity index is 1.36. The average Bonchev–Trinajstić information content (AvgIpc) is 3.26. The summed E-state index contributed by atoms with van der Waals surface area (Å²) in [5.74, 6) is -0.851. The van der Waals surface area contributed by atoms with Crippen LogP contribution in [-0.2, 0) is 17.5 Å². The molecule has 1 aliphatic rings. The lowest BCUT2D eigenvalue weighted by Crippen LogP contribution is -2.45. The maximum atomic E-state index is 14.0. The fourth-order valence-electron chi connectivity index (χ4n) is 5.42. The number of rotatable bonds is 11. The van der Waals surface area contributed by atoms with Crippen LogP contribution in [0.1, 0.15) is 17.7 Å². The molecule has 246 valence electrons. The lowest BCUT2D eigenvalue weighted by molar-refractivity contribution is -0.137. The summed E-state index contributed by atoms with van der Waals surface area (Å²) < 4.78 is 62.0. The number of carbonyl (C=O) groups is 1. The van der Waals surface area contributed by atoms with Crippen LogP contribution in [0.4, 0.5) is 46.4 Å². The minimum atomic E-state index is -4.80. The van der Waals surface area contributed by atoms with Crippen molar-refractivity contribution in [2.75, 3.05) is 69.5 Å². The first kappa shape index (κ1) is 32.8. The molecule has 46 heavy (non-hydrogen) atoms. The summed E-state index contributed by atoms with van der Waals surface area (Å²) in [6, 6.07) is 9.62. The molecule has 4 N–H and O–H groups in total. The number of halogens is 4. The first-order valence-corrected chi connectivity index (χ1v) is 14.7. The van der Waals surface area contributed by atoms with Crippen LogP contribution in [0.5, 0.6) is 11.6 Å². The number of carbonyl (C=O) groups excluding carboxylic acids is 1. The number of ether oxygens (including phenoxy) is 1. The molecule has 15 heteroatoms. The zero-order valence-corrected chi connectivity index (χ0v) is 25.7. The maximum absolute atomic E-state index is 14.0. The fourth-order valence-corrected chi connectivity index (χ4v) is 5.42. The molecule has 0 spiro atoms. The molecule has 1 fully saturated rings. The number of piperazine rings is 1. The van der Waals surface area contributed by atoms with E-state index in [2.05, 4.69) is 42.8 Å². The number of nitrogens with one attached hydrogen (secondary N) is 3. The van der Waals surface area contributed by atoms with Crippen LogP contribution in [0, 0.1) is 6.92 Å². The predicted octanol–water partition coefficient (Wildman–Crippen LogP) is 5.51. The molecule has 1 saturated heterocycles. The summed E-state index contributed by atoms with van der Waals surface area (Å²) in [6.45, 7) is 5.24. The number of aromatic hydroxyl groups is 1. The fraction of sp³-hybridized carbons (Fsp3) is 0.387. The highest BCUT2D eigenvalue weighted by molar-refractivity contribution is 6.01. The van der Waals surface area contributed by atoms with Crippen molar-refractivity contribution in [2.45, 2.75) is 26.1 Å². The third kappa shape index (κ3) is 7.26. The molecule has 2 aromatic carbocycles. The zero-order chi connectivity index (χ0) is 33.0. The third-order valence-corrected chi connectivity index (χ3v) is 7.98. The van der Waals surface area contributed by atoms with Crippen LogP contribution in [0.25, 0.3) is 10.8 Å². The summed E-state index contributed by atoms with van der Waals surface area (Å²) >= 11 is 0. The summed E-state index contributed by atoms with van der Waals surface area (Å²) in [5.41, 5.74) is 0.426. The van der Waals surface area contributed by atoms with E-state index in [0.29, 0.717) is 47.4 Å². The lowest BCUT2D eigenvalue weighted by Gasteiger charge is -2.32. The van der Waals surface area contributed by atoms with Crippen molar-refractivity contribution >= 4 is 45.5 Å². The van der Waals surface area contributed by atoms with E-state index < -0.39 is 24.2 Å². The van der Waals surface area contributed by atoms with Gasteiger partial charge in [0.2, 0.25) is 17.7 Å². The Kier molecular flexibility index (Phi) is 9.82. The van der Waals surface area contributed by atoms with E-state index in [-0.39, 0.29) is 35.4 Å². The first-order chi connectivity index (χ1) is 22.0. The number of hydrogen-bond acceptors (Lipinski definition) is 9. The molecular formula is C31H36F4N8O3. The van der Waals surface area contributed by atoms with Crippen LogP contribution in [0.2, 0.25) is 0 Å². The Morgan fingerprint density at radius 3 is 2.52 bits per heavy atom. The van der Waals surface area contributed by atoms with Gasteiger partial charge in [-0.3, -0.25) is 4.79 Å². The number of aryl methyl sites for hydroxylation is 1. The van der Waals surface area contributed by atoms with Crippen molar-refractivity contribution in [3.05, 3.63) is 53.9 Å². The number of benzene rings is 2. The summed E-state index contributed by atoms with van der Waals surface area (Å²) in [6.07, 6.45) is -3.82. The van der Waals surface area contributed by atoms with Gasteiger partial charge in [-0.15, -0.1) is 0 Å². The highest BCUT2D eigenvalue weighted by atomic mass is 19.4. The van der Waals surface area contributed by atoms with E-state index in [4.69, 9.17) is 4.74 Å². The Bertz CT molecular complexity index is 1700. The van der Waals surface area contributed by atoms with E-state index in [9.17, 15) is 27.5 Å². The van der Waals surface area contributed by atoms with Crippen molar-refractivity contribution in [1.82, 2.24) is 24.3 Å². The average molecular weight is 645 g/mol. The highest BCUT2D eigenvalue weighted by Gasteiger charge is 2.36. The second kappa shape index (κ2) is 13.8. The van der Waals surface area contributed by atoms with E-state index in [1.807, 2.05) is 0 Å². The molecule has 5 rings (SSSR count). The minimum absolute atomic E-state index is 0.109. The molecule has 0 unspecified atom stereocenters. The number of anilines is 5. The summed E-state index contributed by atoms with van der Waals surface area (Å²) in [7, 11) is 3.49. The van der Waals surface area contributed by atoms with Crippen molar-refractivity contribution in [2.24, 2.45) is 0 Å². The largest absolute Gasteiger partial charge is 0.494 e. The van der Waals surface area contributed by atoms with Crippen molar-refractivity contribution in [3.63, 3.8) is 0 Å². The summed E-state index contributed by atoms with van der Waals surface area (Å²) in [4.78, 5) is 25.1. The van der Waals surface area contributed by atoms with Gasteiger partial charge >= 0.3 is 6.18 Å². The van der Waals surface area contributed by atoms with E-state index in [0.717, 1.165) is 26.2 Å². The number of aromatic nitrogens is 3. The molecule has 0 bridgehead atoms. The number of fused-ring (bicyclic) bond motifs is 1. The third-order valence-electron chi connectivity index (χ3n) is 7.98. The first-order valence-electron chi connectivity index (χ1n) is 14.7. The number of methoxy groups -OCH3 is 1. The van der Waals surface area contributed by atoms with Gasteiger partial charge < -0.3 is 40.2 Å². The van der Waals surface area contributed by atoms with E-state index in [1.54, 1.807) is 37.3 Å². The van der Waals surface area contributed by atoms with Crippen molar-refractivity contribution in [1.29, 1.82) is 0 Å². The smallest absolute Gasteiger partial charge is 0.421 e. The van der Waals surface area contributed by atoms with Crippen LogP contribution >= 0.6 is 0 Å². The zero-order valence-electron chi connectivity index (χ0n) is 25.7. The second-order valence-electron chi connectivity index (χ2n) is 11.0. The molecule has 0 aliphatic carbocycles. The van der Waals surface area contributed by atoms with Gasteiger partial charge in [-0.25, -0.2) is 9.37 Å². The number of amides is 1. The molecule has 0 saturated carbocycles. The van der Waals surface area contributed by atoms with Crippen LogP contribution in [-0.4, -0.2) is 88.9 Å². The van der Waals surface area contributed by atoms with Crippen molar-refractivity contribution < 1.29 is 32.2 Å². The number of likely N-dealkylation sites (N-methyl/N-ethyl adjacent to an activating group) is 1. The Labute approximate surface area is 263 Å². The number of nitrogens with zero attached hydrogens (tertiary/aromatic N) is 5. The molecule has 11 nitrogen and oxygen atoms in total. The molecule has 0 radical (unpaired) electrons. The van der Waals surface area contributed by atoms with Gasteiger partial charge in [0.25, 0.3) is 0 Å². The van der Waals surface area contributed by atoms with Gasteiger partial charge in [-0.05, 0) is 32.2 Å². The SMILES string of the molecule is COc1cc(NC(=O)CCN2CCN(C)CC2)ccc1Nc1ncc(C(F)(F)F)c(Nc2cccc3c(C)n(CCF)c(O)c23)n1. The predicted molar refractivity (Wildman–Crippen MR) is 168 cm³/mol. The minimum Gasteiger partial charge on any atom is -0.494 e. The molecule has 1 aliphatic heterocycles. The highest BCUT2D eigenvalue weighted by Crippen LogP contribution is 2.41. The van der Waals surface area contributed by atoms with Crippen LogP contribution in [0.15, 0.2) is 42.6 Å². The van der Waals surface area contributed by atoms with Gasteiger partial charge in [-0.2, -0.15) is 18.2 Å². The molecular weight excluding hydrogens is 608 g/mol. The van der Waals surface area contributed by atoms with Crippen molar-refractivity contribution in [3.8, 4) is 11.6 Å². The number of alkyl halides is 4. The van der Waals surface area contributed by atoms with E-state index >= 15 is 0 Å². The summed E-state index contributed by atoms with van der Waals surface area (Å²) in [5, 5.41) is 20.0. The Morgan fingerprint density at radius 2 is 1.83 bits per heavy atom. The number of hydrogen-bond donors (Lipinski definition) is 4. The van der Waals surface area contributed by atoms with Crippen LogP contribution < -0.4 is 20.7 Å². The topological polar surface area (TPSA) is 120 Å². The standard InChI is InChI=1S/C31H36F4N8O3/c1-19-21-5-4-6-24(27(21)29(45)43(19)12-10-32)38-28-22(31(33,34)35)18-36-30(40-28)39-23-8-7-20(17-25(23)46-3)37-26(44)9-11-42-15-13-41(2)14-16-42/h4-8,17-18,45H,9-16H2,1-3H3,(H,37,44)(H2,36,38,39,40). The molecule has 0 atom stereocenters. The molecule has 3 heterocycles. The van der Waals surface area contributed by atoms with Gasteiger partial charge in [-0.1, -0.05) is 12.1 Å². The molecule has 2 aromatic heterocycles. The lowest BCUT2D eigenvalue weighted by atomic mass is 10.1. The van der Waals surface area contributed by atoms with Crippen LogP contribution in [0.3, 0.4) is 0 Å². The Morgan fingerprint density at radius 1 is 1.07 bits per heavy atom. The van der Waals surface area contributed by atoms with E-state index in [1.165, 1.54) is 17.7 Å². The molecule has 1 amide bonds. The quantitative estimate of drug-likeness (QED) is 0.157. The van der Waals surface area contributed by atoms with Gasteiger partial charge in [0.15, 0.2) is 0 Å². The van der Waals surface area contributed by atoms with Gasteiger partial charge in [0, 0.05) is 68.2 Å². The normalized spacial score (nSPS) is 14.4. The monoisotopic (exact) mass is 644 g/mol. The second-order valence-corrected chi connectivity index (χ2v) is 11.0.